The Morgan fingerprint density at radius 3 is 2.79 bits per heavy atom. The zero-order valence-corrected chi connectivity index (χ0v) is 11.8. The molecule has 0 amide bonds. The molecule has 0 saturated heterocycles. The second-order valence-electron chi connectivity index (χ2n) is 3.98. The minimum absolute atomic E-state index is 0.115. The summed E-state index contributed by atoms with van der Waals surface area (Å²) >= 11 is 5.86. The lowest BCUT2D eigenvalue weighted by atomic mass is 10.2. The molecule has 0 fully saturated rings. The maximum absolute atomic E-state index is 5.86. The van der Waals surface area contributed by atoms with E-state index in [1.165, 1.54) is 0 Å². The quantitative estimate of drug-likeness (QED) is 0.839. The Bertz CT molecular complexity index is 558. The van der Waals surface area contributed by atoms with E-state index in [4.69, 9.17) is 20.8 Å². The number of aromatic nitrogens is 3. The molecule has 0 aromatic carbocycles. The third kappa shape index (κ3) is 3.35. The Kier molecular flexibility index (Phi) is 4.21. The fourth-order valence-corrected chi connectivity index (χ4v) is 1.74. The van der Waals surface area contributed by atoms with E-state index in [1.807, 2.05) is 31.9 Å². The van der Waals surface area contributed by atoms with Crippen LogP contribution in [0.15, 0.2) is 16.7 Å². The molecule has 0 aliphatic rings. The van der Waals surface area contributed by atoms with Gasteiger partial charge in [-0.05, 0) is 31.5 Å². The van der Waals surface area contributed by atoms with Gasteiger partial charge in [0.2, 0.25) is 11.2 Å². The standard InChI is InChI=1S/C12H15ClN4O2/c1-4-18-12-15-10(13)14-11(16-12)17(3)7-9-5-6-19-8(9)2/h5-6H,4,7H2,1-3H3. The summed E-state index contributed by atoms with van der Waals surface area (Å²) in [6.45, 7) is 4.86. The molecule has 2 aromatic rings. The van der Waals surface area contributed by atoms with Crippen molar-refractivity contribution in [1.82, 2.24) is 15.0 Å². The maximum atomic E-state index is 5.86. The fourth-order valence-electron chi connectivity index (χ4n) is 1.59. The Morgan fingerprint density at radius 1 is 1.37 bits per heavy atom. The van der Waals surface area contributed by atoms with Crippen LogP contribution in [0, 0.1) is 6.92 Å². The van der Waals surface area contributed by atoms with Crippen molar-refractivity contribution in [2.45, 2.75) is 20.4 Å². The van der Waals surface area contributed by atoms with Crippen LogP contribution in [0.5, 0.6) is 6.01 Å². The van der Waals surface area contributed by atoms with Crippen molar-refractivity contribution in [3.8, 4) is 6.01 Å². The highest BCUT2D eigenvalue weighted by Crippen LogP contribution is 2.18. The number of furan rings is 1. The molecule has 0 unspecified atom stereocenters. The third-order valence-electron chi connectivity index (χ3n) is 2.56. The fraction of sp³-hybridized carbons (Fsp3) is 0.417. The van der Waals surface area contributed by atoms with Crippen molar-refractivity contribution >= 4 is 17.5 Å². The average Bonchev–Trinajstić information content (AvgIpc) is 2.75. The Labute approximate surface area is 116 Å². The minimum atomic E-state index is 0.115. The molecule has 0 aliphatic heterocycles. The monoisotopic (exact) mass is 282 g/mol. The smallest absolute Gasteiger partial charge is 0.322 e. The summed E-state index contributed by atoms with van der Waals surface area (Å²) in [7, 11) is 1.87. The molecule has 19 heavy (non-hydrogen) atoms. The Hall–Kier alpha value is -1.82. The van der Waals surface area contributed by atoms with Gasteiger partial charge in [-0.25, -0.2) is 0 Å². The van der Waals surface area contributed by atoms with Crippen LogP contribution in [-0.2, 0) is 6.54 Å². The lowest BCUT2D eigenvalue weighted by Crippen LogP contribution is -2.20. The van der Waals surface area contributed by atoms with Crippen LogP contribution in [0.2, 0.25) is 5.28 Å². The summed E-state index contributed by atoms with van der Waals surface area (Å²) in [4.78, 5) is 14.0. The summed E-state index contributed by atoms with van der Waals surface area (Å²) in [6, 6.07) is 2.14. The van der Waals surface area contributed by atoms with Gasteiger partial charge in [0.15, 0.2) is 0 Å². The molecule has 0 N–H and O–H groups in total. The van der Waals surface area contributed by atoms with Crippen molar-refractivity contribution in [1.29, 1.82) is 0 Å². The zero-order valence-electron chi connectivity index (χ0n) is 11.1. The number of nitrogens with zero attached hydrogens (tertiary/aromatic N) is 4. The van der Waals surface area contributed by atoms with E-state index in [1.54, 1.807) is 6.26 Å². The van der Waals surface area contributed by atoms with Crippen LogP contribution < -0.4 is 9.64 Å². The van der Waals surface area contributed by atoms with Crippen molar-refractivity contribution in [3.05, 3.63) is 28.9 Å². The first kappa shape index (κ1) is 13.6. The Balaban J connectivity index is 2.18. The van der Waals surface area contributed by atoms with Crippen LogP contribution in [-0.4, -0.2) is 28.6 Å². The van der Waals surface area contributed by atoms with Crippen molar-refractivity contribution in [2.24, 2.45) is 0 Å². The lowest BCUT2D eigenvalue weighted by molar-refractivity contribution is 0.311. The minimum Gasteiger partial charge on any atom is -0.469 e. The number of rotatable bonds is 5. The zero-order chi connectivity index (χ0) is 13.8. The second-order valence-corrected chi connectivity index (χ2v) is 4.32. The molecule has 0 spiro atoms. The molecule has 102 valence electrons. The average molecular weight is 283 g/mol. The first-order chi connectivity index (χ1) is 9.10. The largest absolute Gasteiger partial charge is 0.469 e. The predicted octanol–water partition coefficient (Wildman–Crippen LogP) is 2.46. The van der Waals surface area contributed by atoms with Crippen molar-refractivity contribution < 1.29 is 9.15 Å². The molecule has 0 saturated carbocycles. The molecule has 0 aliphatic carbocycles. The summed E-state index contributed by atoms with van der Waals surface area (Å²) < 4.78 is 10.5. The van der Waals surface area contributed by atoms with Gasteiger partial charge in [-0.1, -0.05) is 0 Å². The number of hydrogen-bond donors (Lipinski definition) is 0. The van der Waals surface area contributed by atoms with Crippen LogP contribution in [0.3, 0.4) is 0 Å². The SMILES string of the molecule is CCOc1nc(Cl)nc(N(C)Cc2ccoc2C)n1. The molecule has 2 heterocycles. The van der Waals surface area contributed by atoms with Gasteiger partial charge in [-0.3, -0.25) is 0 Å². The molecule has 7 heteroatoms. The van der Waals surface area contributed by atoms with Crippen LogP contribution >= 0.6 is 11.6 Å². The summed E-state index contributed by atoms with van der Waals surface area (Å²) in [5.74, 6) is 1.33. The van der Waals surface area contributed by atoms with Crippen molar-refractivity contribution in [2.75, 3.05) is 18.6 Å². The van der Waals surface area contributed by atoms with Gasteiger partial charge in [0, 0.05) is 19.2 Å². The van der Waals surface area contributed by atoms with E-state index in [2.05, 4.69) is 15.0 Å². The molecule has 2 rings (SSSR count). The van der Waals surface area contributed by atoms with Gasteiger partial charge in [0.25, 0.3) is 0 Å². The number of hydrogen-bond acceptors (Lipinski definition) is 6. The summed E-state index contributed by atoms with van der Waals surface area (Å²) in [5, 5.41) is 0.115. The topological polar surface area (TPSA) is 64.3 Å². The first-order valence-electron chi connectivity index (χ1n) is 5.88. The van der Waals surface area contributed by atoms with E-state index >= 15 is 0 Å². The number of halogens is 1. The molecule has 0 bridgehead atoms. The summed E-state index contributed by atoms with van der Waals surface area (Å²) in [5.41, 5.74) is 1.07. The van der Waals surface area contributed by atoms with E-state index in [9.17, 15) is 0 Å². The van der Waals surface area contributed by atoms with Gasteiger partial charge < -0.3 is 14.1 Å². The van der Waals surface area contributed by atoms with Gasteiger partial charge in [-0.15, -0.1) is 0 Å². The molecule has 2 aromatic heterocycles. The molecule has 0 radical (unpaired) electrons. The number of anilines is 1. The highest BCUT2D eigenvalue weighted by Gasteiger charge is 2.12. The van der Waals surface area contributed by atoms with Gasteiger partial charge in [0.05, 0.1) is 12.9 Å². The third-order valence-corrected chi connectivity index (χ3v) is 2.73. The summed E-state index contributed by atoms with van der Waals surface area (Å²) in [6.07, 6.45) is 1.66. The van der Waals surface area contributed by atoms with E-state index in [0.717, 1.165) is 11.3 Å². The van der Waals surface area contributed by atoms with E-state index in [-0.39, 0.29) is 11.3 Å². The Morgan fingerprint density at radius 2 is 2.16 bits per heavy atom. The van der Waals surface area contributed by atoms with Crippen LogP contribution in [0.25, 0.3) is 0 Å². The van der Waals surface area contributed by atoms with Crippen molar-refractivity contribution in [3.63, 3.8) is 0 Å². The normalized spacial score (nSPS) is 10.5. The second kappa shape index (κ2) is 5.88. The predicted molar refractivity (Wildman–Crippen MR) is 71.6 cm³/mol. The maximum Gasteiger partial charge on any atom is 0.322 e. The molecule has 0 atom stereocenters. The highest BCUT2D eigenvalue weighted by atomic mass is 35.5. The lowest BCUT2D eigenvalue weighted by Gasteiger charge is -2.16. The van der Waals surface area contributed by atoms with Crippen LogP contribution in [0.1, 0.15) is 18.2 Å². The number of aryl methyl sites for hydroxylation is 1. The van der Waals surface area contributed by atoms with Gasteiger partial charge in [-0.2, -0.15) is 15.0 Å². The first-order valence-corrected chi connectivity index (χ1v) is 6.26. The molecular weight excluding hydrogens is 268 g/mol. The van der Waals surface area contributed by atoms with Gasteiger partial charge >= 0.3 is 6.01 Å². The van der Waals surface area contributed by atoms with E-state index in [0.29, 0.717) is 19.1 Å². The van der Waals surface area contributed by atoms with Crippen LogP contribution in [0.4, 0.5) is 5.95 Å². The van der Waals surface area contributed by atoms with Gasteiger partial charge in [0.1, 0.15) is 5.76 Å². The highest BCUT2D eigenvalue weighted by molar-refractivity contribution is 6.28. The molecular formula is C12H15ClN4O2. The molecule has 6 nitrogen and oxygen atoms in total. The van der Waals surface area contributed by atoms with E-state index < -0.39 is 0 Å². The number of ether oxygens (including phenoxy) is 1.